The van der Waals surface area contributed by atoms with Crippen LogP contribution in [0.2, 0.25) is 0 Å². The van der Waals surface area contributed by atoms with Gasteiger partial charge in [0, 0.05) is 12.3 Å². The Labute approximate surface area is 141 Å². The smallest absolute Gasteiger partial charge is 0.303 e. The summed E-state index contributed by atoms with van der Waals surface area (Å²) in [5.74, 6) is -0.377. The fourth-order valence-corrected chi connectivity index (χ4v) is 2.95. The average molecular weight is 328 g/mol. The number of ketones is 1. The molecule has 0 rings (SSSR count). The zero-order valence-electron chi connectivity index (χ0n) is 15.1. The van der Waals surface area contributed by atoms with E-state index in [0.29, 0.717) is 0 Å². The summed E-state index contributed by atoms with van der Waals surface area (Å²) in [6.45, 7) is 3.82. The number of aliphatic hydroxyl groups excluding tert-OH is 1. The molecule has 0 aromatic heterocycles. The van der Waals surface area contributed by atoms with Gasteiger partial charge >= 0.3 is 5.97 Å². The molecule has 0 bridgehead atoms. The predicted octanol–water partition coefficient (Wildman–Crippen LogP) is 4.73. The fraction of sp³-hybridized carbons (Fsp3) is 0.895. The van der Waals surface area contributed by atoms with Crippen molar-refractivity contribution in [2.45, 2.75) is 103 Å². The molecule has 0 spiro atoms. The maximum absolute atomic E-state index is 11.7. The van der Waals surface area contributed by atoms with E-state index in [4.69, 9.17) is 5.11 Å². The van der Waals surface area contributed by atoms with Gasteiger partial charge in [-0.1, -0.05) is 51.9 Å². The lowest BCUT2D eigenvalue weighted by molar-refractivity contribution is -0.137. The largest absolute Gasteiger partial charge is 0.481 e. The lowest BCUT2D eigenvalue weighted by Gasteiger charge is -2.15. The lowest BCUT2D eigenvalue weighted by atomic mass is 9.91. The first-order chi connectivity index (χ1) is 11.0. The first-order valence-electron chi connectivity index (χ1n) is 9.37. The van der Waals surface area contributed by atoms with Gasteiger partial charge in [0.05, 0.1) is 6.10 Å². The average Bonchev–Trinajstić information content (AvgIpc) is 2.48. The molecule has 23 heavy (non-hydrogen) atoms. The Kier molecular flexibility index (Phi) is 14.1. The first kappa shape index (κ1) is 22.1. The summed E-state index contributed by atoms with van der Waals surface area (Å²) >= 11 is 0. The monoisotopic (exact) mass is 328 g/mol. The van der Waals surface area contributed by atoms with Crippen LogP contribution < -0.4 is 0 Å². The predicted molar refractivity (Wildman–Crippen MR) is 93.5 cm³/mol. The van der Waals surface area contributed by atoms with Crippen LogP contribution in [0.3, 0.4) is 0 Å². The SMILES string of the molecule is CCCCC[C@H](O)CCCC(CCCCCCC(=O)O)C(C)=O. The van der Waals surface area contributed by atoms with E-state index in [2.05, 4.69) is 6.92 Å². The van der Waals surface area contributed by atoms with Crippen molar-refractivity contribution < 1.29 is 19.8 Å². The molecule has 0 aromatic rings. The van der Waals surface area contributed by atoms with Crippen LogP contribution in [0.5, 0.6) is 0 Å². The molecule has 0 aliphatic carbocycles. The quantitative estimate of drug-likeness (QED) is 0.402. The molecule has 4 heteroatoms. The van der Waals surface area contributed by atoms with Gasteiger partial charge in [-0.2, -0.15) is 0 Å². The number of aliphatic carboxylic acids is 1. The second kappa shape index (κ2) is 14.7. The highest BCUT2D eigenvalue weighted by atomic mass is 16.4. The number of hydrogen-bond donors (Lipinski definition) is 2. The van der Waals surface area contributed by atoms with Crippen LogP contribution >= 0.6 is 0 Å². The summed E-state index contributed by atoms with van der Waals surface area (Å²) in [4.78, 5) is 22.1. The lowest BCUT2D eigenvalue weighted by Crippen LogP contribution is -2.13. The van der Waals surface area contributed by atoms with E-state index < -0.39 is 5.97 Å². The molecule has 0 aromatic carbocycles. The van der Waals surface area contributed by atoms with Gasteiger partial charge in [0.25, 0.3) is 0 Å². The van der Waals surface area contributed by atoms with Crippen LogP contribution in [0.25, 0.3) is 0 Å². The molecule has 0 aliphatic rings. The Morgan fingerprint density at radius 3 is 2.00 bits per heavy atom. The van der Waals surface area contributed by atoms with E-state index in [9.17, 15) is 14.7 Å². The molecule has 1 unspecified atom stereocenters. The summed E-state index contributed by atoms with van der Waals surface area (Å²) in [7, 11) is 0. The van der Waals surface area contributed by atoms with Gasteiger partial charge in [0.15, 0.2) is 0 Å². The molecular weight excluding hydrogens is 292 g/mol. The van der Waals surface area contributed by atoms with Gasteiger partial charge in [0.1, 0.15) is 5.78 Å². The number of unbranched alkanes of at least 4 members (excludes halogenated alkanes) is 5. The Hall–Kier alpha value is -0.900. The number of Topliss-reactive ketones (excluding diaryl/α,β-unsaturated/α-hetero) is 1. The van der Waals surface area contributed by atoms with E-state index in [-0.39, 0.29) is 24.2 Å². The molecule has 0 aliphatic heterocycles. The van der Waals surface area contributed by atoms with Gasteiger partial charge in [-0.25, -0.2) is 0 Å². The van der Waals surface area contributed by atoms with Crippen molar-refractivity contribution in [3.05, 3.63) is 0 Å². The van der Waals surface area contributed by atoms with Crippen LogP contribution in [0, 0.1) is 5.92 Å². The van der Waals surface area contributed by atoms with Crippen molar-refractivity contribution in [2.24, 2.45) is 5.92 Å². The Balaban J connectivity index is 3.73. The normalized spacial score (nSPS) is 13.7. The number of hydrogen-bond acceptors (Lipinski definition) is 3. The number of carboxylic acids is 1. The van der Waals surface area contributed by atoms with Gasteiger partial charge in [0.2, 0.25) is 0 Å². The first-order valence-corrected chi connectivity index (χ1v) is 9.37. The van der Waals surface area contributed by atoms with E-state index in [1.54, 1.807) is 6.92 Å². The minimum atomic E-state index is -0.732. The highest BCUT2D eigenvalue weighted by molar-refractivity contribution is 5.78. The summed E-state index contributed by atoms with van der Waals surface area (Å²) in [5.41, 5.74) is 0. The van der Waals surface area contributed by atoms with Crippen molar-refractivity contribution in [1.29, 1.82) is 0 Å². The number of carboxylic acid groups (broad SMARTS) is 1. The minimum Gasteiger partial charge on any atom is -0.481 e. The highest BCUT2D eigenvalue weighted by Crippen LogP contribution is 2.20. The van der Waals surface area contributed by atoms with Crippen molar-refractivity contribution in [1.82, 2.24) is 0 Å². The van der Waals surface area contributed by atoms with Gasteiger partial charge in [-0.15, -0.1) is 0 Å². The third kappa shape index (κ3) is 14.4. The zero-order chi connectivity index (χ0) is 17.5. The molecule has 2 atom stereocenters. The maximum Gasteiger partial charge on any atom is 0.303 e. The summed E-state index contributed by atoms with van der Waals surface area (Å²) in [5, 5.41) is 18.5. The molecular formula is C19H36O4. The van der Waals surface area contributed by atoms with Crippen molar-refractivity contribution in [3.63, 3.8) is 0 Å². The van der Waals surface area contributed by atoms with E-state index in [1.807, 2.05) is 0 Å². The summed E-state index contributed by atoms with van der Waals surface area (Å²) in [6, 6.07) is 0. The summed E-state index contributed by atoms with van der Waals surface area (Å²) < 4.78 is 0. The molecule has 0 heterocycles. The number of carbonyl (C=O) groups is 2. The van der Waals surface area contributed by atoms with Crippen molar-refractivity contribution >= 4 is 11.8 Å². The van der Waals surface area contributed by atoms with E-state index >= 15 is 0 Å². The molecule has 0 saturated carbocycles. The molecule has 136 valence electrons. The minimum absolute atomic E-state index is 0.109. The van der Waals surface area contributed by atoms with E-state index in [1.165, 1.54) is 12.8 Å². The third-order valence-corrected chi connectivity index (χ3v) is 4.50. The molecule has 0 amide bonds. The number of carbonyl (C=O) groups excluding carboxylic acids is 1. The van der Waals surface area contributed by atoms with Crippen LogP contribution in [-0.4, -0.2) is 28.1 Å². The second-order valence-corrected chi connectivity index (χ2v) is 6.73. The Morgan fingerprint density at radius 2 is 1.39 bits per heavy atom. The van der Waals surface area contributed by atoms with Crippen LogP contribution in [-0.2, 0) is 9.59 Å². The van der Waals surface area contributed by atoms with Crippen LogP contribution in [0.15, 0.2) is 0 Å². The van der Waals surface area contributed by atoms with Crippen LogP contribution in [0.4, 0.5) is 0 Å². The Morgan fingerprint density at radius 1 is 0.826 bits per heavy atom. The molecule has 0 radical (unpaired) electrons. The van der Waals surface area contributed by atoms with Gasteiger partial charge in [-0.3, -0.25) is 9.59 Å². The molecule has 2 N–H and O–H groups in total. The molecule has 0 fully saturated rings. The Bertz CT molecular complexity index is 314. The topological polar surface area (TPSA) is 74.6 Å². The van der Waals surface area contributed by atoms with Crippen molar-refractivity contribution in [3.8, 4) is 0 Å². The summed E-state index contributed by atoms with van der Waals surface area (Å²) in [6.07, 6.45) is 11.5. The number of rotatable bonds is 16. The molecule has 0 saturated heterocycles. The maximum atomic E-state index is 11.7. The second-order valence-electron chi connectivity index (χ2n) is 6.73. The van der Waals surface area contributed by atoms with E-state index in [0.717, 1.165) is 64.2 Å². The van der Waals surface area contributed by atoms with Crippen molar-refractivity contribution in [2.75, 3.05) is 0 Å². The standard InChI is InChI=1S/C19H36O4/c1-3-4-7-13-18(21)14-10-12-17(16(2)20)11-8-5-6-9-15-19(22)23/h17-18,21H,3-15H2,1-2H3,(H,22,23)/t17?,18-/m0/s1. The third-order valence-electron chi connectivity index (χ3n) is 4.50. The zero-order valence-corrected chi connectivity index (χ0v) is 15.1. The molecule has 4 nitrogen and oxygen atoms in total. The highest BCUT2D eigenvalue weighted by Gasteiger charge is 2.14. The number of aliphatic hydroxyl groups is 1. The van der Waals surface area contributed by atoms with Gasteiger partial charge < -0.3 is 10.2 Å². The van der Waals surface area contributed by atoms with Crippen LogP contribution in [0.1, 0.15) is 97.3 Å². The fourth-order valence-electron chi connectivity index (χ4n) is 2.95. The van der Waals surface area contributed by atoms with Gasteiger partial charge in [-0.05, 0) is 39.0 Å².